The third-order valence-electron chi connectivity index (χ3n) is 2.75. The third-order valence-corrected chi connectivity index (χ3v) is 3.93. The molecule has 4 nitrogen and oxygen atoms in total. The van der Waals surface area contributed by atoms with E-state index in [1.54, 1.807) is 11.8 Å². The maximum Gasteiger partial charge on any atom is 0.325 e. The normalized spacial score (nSPS) is 19.5. The smallest absolute Gasteiger partial charge is 0.325 e. The predicted octanol–water partition coefficient (Wildman–Crippen LogP) is 1.47. The van der Waals surface area contributed by atoms with Gasteiger partial charge in [-0.15, -0.1) is 11.8 Å². The molecule has 0 spiro atoms. The van der Waals surface area contributed by atoms with Crippen LogP contribution in [0.3, 0.4) is 0 Å². The fraction of sp³-hybridized carbons (Fsp3) is 0.333. The van der Waals surface area contributed by atoms with E-state index in [1.165, 1.54) is 6.92 Å². The molecule has 90 valence electrons. The van der Waals surface area contributed by atoms with Crippen LogP contribution in [0.4, 0.5) is 0 Å². The summed E-state index contributed by atoms with van der Waals surface area (Å²) in [6.07, 6.45) is 0. The van der Waals surface area contributed by atoms with Crippen LogP contribution in [0.25, 0.3) is 0 Å². The van der Waals surface area contributed by atoms with E-state index < -0.39 is 12.0 Å². The van der Waals surface area contributed by atoms with Gasteiger partial charge < -0.3 is 10.4 Å². The van der Waals surface area contributed by atoms with Crippen molar-refractivity contribution in [1.29, 1.82) is 0 Å². The lowest BCUT2D eigenvalue weighted by atomic mass is 10.0. The van der Waals surface area contributed by atoms with E-state index in [4.69, 9.17) is 5.11 Å². The number of carbonyl (C=O) groups is 2. The highest BCUT2D eigenvalue weighted by atomic mass is 32.2. The average molecular weight is 251 g/mol. The van der Waals surface area contributed by atoms with Crippen molar-refractivity contribution in [2.24, 2.45) is 0 Å². The van der Waals surface area contributed by atoms with Gasteiger partial charge in [0.05, 0.1) is 5.92 Å². The number of aliphatic carboxylic acids is 1. The zero-order valence-corrected chi connectivity index (χ0v) is 10.2. The molecule has 1 heterocycles. The molecule has 1 unspecified atom stereocenters. The van der Waals surface area contributed by atoms with Crippen LogP contribution >= 0.6 is 11.8 Å². The summed E-state index contributed by atoms with van der Waals surface area (Å²) in [5.74, 6) is -0.787. The molecule has 0 saturated carbocycles. The fourth-order valence-electron chi connectivity index (χ4n) is 1.76. The molecule has 1 aliphatic rings. The summed E-state index contributed by atoms with van der Waals surface area (Å²) in [4.78, 5) is 23.7. The van der Waals surface area contributed by atoms with Crippen molar-refractivity contribution in [2.75, 3.05) is 5.75 Å². The second-order valence-electron chi connectivity index (χ2n) is 3.97. The summed E-state index contributed by atoms with van der Waals surface area (Å²) in [5.41, 5.74) is 0.993. The maximum atomic E-state index is 11.9. The minimum atomic E-state index is -1.02. The van der Waals surface area contributed by atoms with Gasteiger partial charge in [-0.2, -0.15) is 0 Å². The highest BCUT2D eigenvalue weighted by Gasteiger charge is 2.30. The molecule has 0 saturated heterocycles. The number of amides is 1. The summed E-state index contributed by atoms with van der Waals surface area (Å²) >= 11 is 1.63. The number of carboxylic acids is 1. The molecule has 2 atom stereocenters. The standard InChI is InChI=1S/C12H13NO3S/c1-7(12(15)16)13-11(14)9-6-17-10-5-3-2-4-8(9)10/h2-5,7,9H,6H2,1H3,(H,13,14)(H,15,16)/t7-,9?/m0/s1. The quantitative estimate of drug-likeness (QED) is 0.853. The Morgan fingerprint density at radius 1 is 1.47 bits per heavy atom. The highest BCUT2D eigenvalue weighted by molar-refractivity contribution is 7.99. The van der Waals surface area contributed by atoms with Gasteiger partial charge in [0.15, 0.2) is 0 Å². The molecular weight excluding hydrogens is 238 g/mol. The van der Waals surface area contributed by atoms with Crippen molar-refractivity contribution >= 4 is 23.6 Å². The van der Waals surface area contributed by atoms with Crippen LogP contribution in [0.1, 0.15) is 18.4 Å². The van der Waals surface area contributed by atoms with Crippen LogP contribution in [0.15, 0.2) is 29.2 Å². The van der Waals surface area contributed by atoms with Crippen molar-refractivity contribution in [3.8, 4) is 0 Å². The first-order chi connectivity index (χ1) is 8.09. The minimum Gasteiger partial charge on any atom is -0.480 e. The molecular formula is C12H13NO3S. The molecule has 0 bridgehead atoms. The summed E-state index contributed by atoms with van der Waals surface area (Å²) in [5, 5.41) is 11.3. The van der Waals surface area contributed by atoms with E-state index in [0.29, 0.717) is 5.75 Å². The lowest BCUT2D eigenvalue weighted by molar-refractivity contribution is -0.141. The monoisotopic (exact) mass is 251 g/mol. The topological polar surface area (TPSA) is 66.4 Å². The molecule has 0 radical (unpaired) electrons. The van der Waals surface area contributed by atoms with Gasteiger partial charge >= 0.3 is 5.97 Å². The Bertz CT molecular complexity index is 461. The van der Waals surface area contributed by atoms with E-state index in [9.17, 15) is 9.59 Å². The molecule has 1 amide bonds. The molecule has 2 N–H and O–H groups in total. The van der Waals surface area contributed by atoms with Crippen LogP contribution in [-0.4, -0.2) is 28.8 Å². The van der Waals surface area contributed by atoms with Crippen molar-refractivity contribution in [3.63, 3.8) is 0 Å². The molecule has 0 fully saturated rings. The van der Waals surface area contributed by atoms with Gasteiger partial charge in [0.1, 0.15) is 6.04 Å². The minimum absolute atomic E-state index is 0.211. The molecule has 1 aromatic carbocycles. The number of thioether (sulfide) groups is 1. The molecule has 17 heavy (non-hydrogen) atoms. The average Bonchev–Trinajstić information content (AvgIpc) is 2.72. The van der Waals surface area contributed by atoms with E-state index in [1.807, 2.05) is 24.3 Å². The first-order valence-electron chi connectivity index (χ1n) is 5.34. The SMILES string of the molecule is C[C@H](NC(=O)C1CSc2ccccc21)C(=O)O. The number of fused-ring (bicyclic) bond motifs is 1. The lowest BCUT2D eigenvalue weighted by Crippen LogP contribution is -2.41. The summed E-state index contributed by atoms with van der Waals surface area (Å²) < 4.78 is 0. The molecule has 1 aromatic rings. The van der Waals surface area contributed by atoms with E-state index in [0.717, 1.165) is 10.5 Å². The number of carbonyl (C=O) groups excluding carboxylic acids is 1. The van der Waals surface area contributed by atoms with Gasteiger partial charge in [0.2, 0.25) is 5.91 Å². The van der Waals surface area contributed by atoms with E-state index in [-0.39, 0.29) is 11.8 Å². The molecule has 1 aliphatic heterocycles. The summed E-state index contributed by atoms with van der Waals surface area (Å²) in [6.45, 7) is 1.47. The number of hydrogen-bond acceptors (Lipinski definition) is 3. The lowest BCUT2D eigenvalue weighted by Gasteiger charge is -2.14. The second-order valence-corrected chi connectivity index (χ2v) is 5.03. The van der Waals surface area contributed by atoms with Gasteiger partial charge in [-0.25, -0.2) is 0 Å². The van der Waals surface area contributed by atoms with E-state index >= 15 is 0 Å². The van der Waals surface area contributed by atoms with Crippen molar-refractivity contribution in [1.82, 2.24) is 5.32 Å². The third kappa shape index (κ3) is 2.44. The van der Waals surface area contributed by atoms with Crippen molar-refractivity contribution in [3.05, 3.63) is 29.8 Å². The van der Waals surface area contributed by atoms with Crippen LogP contribution in [0.5, 0.6) is 0 Å². The number of rotatable bonds is 3. The molecule has 0 aromatic heterocycles. The Labute approximate surface area is 103 Å². The Balaban J connectivity index is 2.10. The molecule has 2 rings (SSSR count). The first kappa shape index (κ1) is 12.0. The van der Waals surface area contributed by atoms with Gasteiger partial charge in [-0.05, 0) is 18.6 Å². The van der Waals surface area contributed by atoms with Crippen LogP contribution in [0, 0.1) is 0 Å². The number of hydrogen-bond donors (Lipinski definition) is 2. The largest absolute Gasteiger partial charge is 0.480 e. The van der Waals surface area contributed by atoms with Crippen LogP contribution < -0.4 is 5.32 Å². The Hall–Kier alpha value is -1.49. The summed E-state index contributed by atoms with van der Waals surface area (Å²) in [6, 6.07) is 6.89. The Kier molecular flexibility index (Phi) is 3.38. The highest BCUT2D eigenvalue weighted by Crippen LogP contribution is 2.39. The van der Waals surface area contributed by atoms with Crippen LogP contribution in [-0.2, 0) is 9.59 Å². The fourth-order valence-corrected chi connectivity index (χ4v) is 2.98. The van der Waals surface area contributed by atoms with Crippen LogP contribution in [0.2, 0.25) is 0 Å². The predicted molar refractivity (Wildman–Crippen MR) is 65.1 cm³/mol. The zero-order chi connectivity index (χ0) is 12.4. The second kappa shape index (κ2) is 4.79. The van der Waals surface area contributed by atoms with Crippen molar-refractivity contribution in [2.45, 2.75) is 23.8 Å². The van der Waals surface area contributed by atoms with Crippen molar-refractivity contribution < 1.29 is 14.7 Å². The first-order valence-corrected chi connectivity index (χ1v) is 6.33. The van der Waals surface area contributed by atoms with Gasteiger partial charge in [-0.3, -0.25) is 9.59 Å². The van der Waals surface area contributed by atoms with Gasteiger partial charge in [0.25, 0.3) is 0 Å². The molecule has 5 heteroatoms. The van der Waals surface area contributed by atoms with Gasteiger partial charge in [0, 0.05) is 10.6 Å². The summed E-state index contributed by atoms with van der Waals surface area (Å²) in [7, 11) is 0. The van der Waals surface area contributed by atoms with Gasteiger partial charge in [-0.1, -0.05) is 18.2 Å². The Morgan fingerprint density at radius 2 is 2.18 bits per heavy atom. The molecule has 0 aliphatic carbocycles. The van der Waals surface area contributed by atoms with E-state index in [2.05, 4.69) is 5.32 Å². The maximum absolute atomic E-state index is 11.9. The Morgan fingerprint density at radius 3 is 2.88 bits per heavy atom. The number of carboxylic acid groups (broad SMARTS) is 1. The zero-order valence-electron chi connectivity index (χ0n) is 9.34. The number of benzene rings is 1. The number of nitrogens with one attached hydrogen (secondary N) is 1.